The second kappa shape index (κ2) is 12.2. The lowest BCUT2D eigenvalue weighted by Crippen LogP contribution is -2.33. The molecule has 0 unspecified atom stereocenters. The van der Waals surface area contributed by atoms with E-state index in [0.29, 0.717) is 17.9 Å². The van der Waals surface area contributed by atoms with E-state index >= 15 is 0 Å². The predicted molar refractivity (Wildman–Crippen MR) is 139 cm³/mol. The number of rotatable bonds is 9. The number of phenols is 1. The second-order valence-corrected chi connectivity index (χ2v) is 8.97. The summed E-state index contributed by atoms with van der Waals surface area (Å²) >= 11 is 0. The van der Waals surface area contributed by atoms with Crippen molar-refractivity contribution in [1.82, 2.24) is 10.3 Å². The van der Waals surface area contributed by atoms with Crippen molar-refractivity contribution in [3.8, 4) is 11.5 Å². The molecule has 0 spiro atoms. The first kappa shape index (κ1) is 24.5. The average Bonchev–Trinajstić information content (AvgIpc) is 2.88. The largest absolute Gasteiger partial charge is 0.504 e. The van der Waals surface area contributed by atoms with E-state index in [4.69, 9.17) is 4.74 Å². The van der Waals surface area contributed by atoms with Crippen LogP contribution in [0.5, 0.6) is 11.5 Å². The quantitative estimate of drug-likeness (QED) is 0.340. The highest BCUT2D eigenvalue weighted by molar-refractivity contribution is 5.94. The third-order valence-electron chi connectivity index (χ3n) is 6.36. The van der Waals surface area contributed by atoms with Crippen LogP contribution < -0.4 is 10.2 Å². The van der Waals surface area contributed by atoms with Gasteiger partial charge in [0, 0.05) is 12.1 Å². The van der Waals surface area contributed by atoms with E-state index in [2.05, 4.69) is 45.8 Å². The number of nitrogens with zero attached hydrogens (tertiary/aromatic N) is 2. The normalized spacial score (nSPS) is 14.8. The SMILES string of the molecule is CCOc1cc(/C=N\NC(=O)c2ccc(CN3CCC(Cc4ccccc4)CC3)cc2)ccc1O. The van der Waals surface area contributed by atoms with Crippen LogP contribution in [0, 0.1) is 5.92 Å². The van der Waals surface area contributed by atoms with E-state index < -0.39 is 0 Å². The first-order valence-corrected chi connectivity index (χ1v) is 12.2. The van der Waals surface area contributed by atoms with E-state index in [1.165, 1.54) is 36.6 Å². The van der Waals surface area contributed by atoms with Gasteiger partial charge in [0.25, 0.3) is 5.91 Å². The summed E-state index contributed by atoms with van der Waals surface area (Å²) in [6.07, 6.45) is 5.14. The monoisotopic (exact) mass is 471 g/mol. The van der Waals surface area contributed by atoms with Gasteiger partial charge in [0.05, 0.1) is 12.8 Å². The van der Waals surface area contributed by atoms with Crippen LogP contribution in [0.4, 0.5) is 0 Å². The Labute approximate surface area is 207 Å². The smallest absolute Gasteiger partial charge is 0.271 e. The Kier molecular flexibility index (Phi) is 8.52. The van der Waals surface area contributed by atoms with E-state index in [0.717, 1.165) is 31.1 Å². The minimum absolute atomic E-state index is 0.0738. The molecule has 3 aromatic rings. The van der Waals surface area contributed by atoms with E-state index in [-0.39, 0.29) is 11.7 Å². The van der Waals surface area contributed by atoms with Crippen LogP contribution in [0.3, 0.4) is 0 Å². The molecule has 35 heavy (non-hydrogen) atoms. The molecule has 182 valence electrons. The van der Waals surface area contributed by atoms with Gasteiger partial charge < -0.3 is 9.84 Å². The number of benzene rings is 3. The lowest BCUT2D eigenvalue weighted by molar-refractivity contribution is 0.0955. The highest BCUT2D eigenvalue weighted by Crippen LogP contribution is 2.26. The molecule has 0 saturated carbocycles. The summed E-state index contributed by atoms with van der Waals surface area (Å²) in [4.78, 5) is 14.9. The van der Waals surface area contributed by atoms with Crippen LogP contribution in [0.25, 0.3) is 0 Å². The van der Waals surface area contributed by atoms with E-state index in [1.807, 2.05) is 31.2 Å². The van der Waals surface area contributed by atoms with Crippen molar-refractivity contribution >= 4 is 12.1 Å². The van der Waals surface area contributed by atoms with Gasteiger partial charge in [-0.2, -0.15) is 5.10 Å². The molecule has 0 aliphatic carbocycles. The minimum atomic E-state index is -0.265. The third kappa shape index (κ3) is 7.17. The number of hydrazone groups is 1. The van der Waals surface area contributed by atoms with Crippen LogP contribution >= 0.6 is 0 Å². The Morgan fingerprint density at radius 3 is 2.51 bits per heavy atom. The fourth-order valence-corrected chi connectivity index (χ4v) is 4.43. The summed E-state index contributed by atoms with van der Waals surface area (Å²) in [6, 6.07) is 23.4. The summed E-state index contributed by atoms with van der Waals surface area (Å²) in [5.74, 6) is 0.953. The predicted octanol–water partition coefficient (Wildman–Crippen LogP) is 5.01. The molecule has 6 heteroatoms. The molecular weight excluding hydrogens is 438 g/mol. The van der Waals surface area contributed by atoms with Crippen molar-refractivity contribution in [3.05, 3.63) is 95.1 Å². The van der Waals surface area contributed by atoms with Crippen LogP contribution in [0.15, 0.2) is 77.9 Å². The van der Waals surface area contributed by atoms with Gasteiger partial charge >= 0.3 is 0 Å². The van der Waals surface area contributed by atoms with Crippen LogP contribution in [0.2, 0.25) is 0 Å². The Morgan fingerprint density at radius 2 is 1.80 bits per heavy atom. The molecule has 2 N–H and O–H groups in total. The molecule has 1 heterocycles. The number of nitrogens with one attached hydrogen (secondary N) is 1. The number of carbonyl (C=O) groups is 1. The molecule has 1 aliphatic heterocycles. The molecule has 0 radical (unpaired) electrons. The van der Waals surface area contributed by atoms with Crippen LogP contribution in [-0.2, 0) is 13.0 Å². The maximum atomic E-state index is 12.4. The fraction of sp³-hybridized carbons (Fsp3) is 0.310. The fourth-order valence-electron chi connectivity index (χ4n) is 4.43. The molecule has 0 atom stereocenters. The molecule has 4 rings (SSSR count). The number of hydrogen-bond acceptors (Lipinski definition) is 5. The Bertz CT molecular complexity index is 1120. The molecule has 1 saturated heterocycles. The number of likely N-dealkylation sites (tertiary alicyclic amines) is 1. The van der Waals surface area contributed by atoms with Crippen molar-refractivity contribution in [3.63, 3.8) is 0 Å². The number of ether oxygens (including phenoxy) is 1. The molecule has 0 bridgehead atoms. The summed E-state index contributed by atoms with van der Waals surface area (Å²) in [5, 5.41) is 13.8. The van der Waals surface area contributed by atoms with Crippen molar-refractivity contribution < 1.29 is 14.6 Å². The average molecular weight is 472 g/mol. The summed E-state index contributed by atoms with van der Waals surface area (Å²) in [5.41, 5.74) is 6.48. The van der Waals surface area contributed by atoms with Gasteiger partial charge in [-0.15, -0.1) is 0 Å². The van der Waals surface area contributed by atoms with Crippen LogP contribution in [-0.4, -0.2) is 41.8 Å². The van der Waals surface area contributed by atoms with E-state index in [1.54, 1.807) is 18.2 Å². The standard InChI is InChI=1S/C29H33N3O3/c1-2-35-28-19-25(10-13-27(28)33)20-30-31-29(34)26-11-8-24(9-12-26)21-32-16-14-23(15-17-32)18-22-6-4-3-5-7-22/h3-13,19-20,23,33H,2,14-18,21H2,1H3,(H,31,34)/b30-20-. The topological polar surface area (TPSA) is 74.2 Å². The van der Waals surface area contributed by atoms with E-state index in [9.17, 15) is 9.90 Å². The lowest BCUT2D eigenvalue weighted by atomic mass is 9.90. The first-order valence-electron chi connectivity index (χ1n) is 12.2. The molecular formula is C29H33N3O3. The number of amides is 1. The highest BCUT2D eigenvalue weighted by Gasteiger charge is 2.19. The van der Waals surface area contributed by atoms with Gasteiger partial charge in [-0.1, -0.05) is 42.5 Å². The Morgan fingerprint density at radius 1 is 1.06 bits per heavy atom. The van der Waals surface area contributed by atoms with Crippen LogP contribution in [0.1, 0.15) is 46.8 Å². The number of hydrogen-bond donors (Lipinski definition) is 2. The van der Waals surface area contributed by atoms with Gasteiger partial charge in [-0.05, 0) is 92.2 Å². The van der Waals surface area contributed by atoms with Gasteiger partial charge in [0.2, 0.25) is 0 Å². The molecule has 1 amide bonds. The molecule has 1 fully saturated rings. The number of aromatic hydroxyl groups is 1. The van der Waals surface area contributed by atoms with Crippen molar-refractivity contribution in [2.75, 3.05) is 19.7 Å². The first-order chi connectivity index (χ1) is 17.1. The Balaban J connectivity index is 1.23. The maximum absolute atomic E-state index is 12.4. The molecule has 0 aromatic heterocycles. The molecule has 6 nitrogen and oxygen atoms in total. The summed E-state index contributed by atoms with van der Waals surface area (Å²) in [7, 11) is 0. The molecule has 1 aliphatic rings. The summed E-state index contributed by atoms with van der Waals surface area (Å²) in [6.45, 7) is 5.42. The number of phenolic OH excluding ortho intramolecular Hbond substituents is 1. The van der Waals surface area contributed by atoms with Gasteiger partial charge in [0.1, 0.15) is 0 Å². The van der Waals surface area contributed by atoms with Crippen molar-refractivity contribution in [1.29, 1.82) is 0 Å². The number of piperidine rings is 1. The zero-order valence-corrected chi connectivity index (χ0v) is 20.2. The zero-order chi connectivity index (χ0) is 24.5. The maximum Gasteiger partial charge on any atom is 0.271 e. The van der Waals surface area contributed by atoms with Gasteiger partial charge in [-0.25, -0.2) is 5.43 Å². The molecule has 3 aromatic carbocycles. The van der Waals surface area contributed by atoms with Gasteiger partial charge in [0.15, 0.2) is 11.5 Å². The van der Waals surface area contributed by atoms with Gasteiger partial charge in [-0.3, -0.25) is 9.69 Å². The van der Waals surface area contributed by atoms with Crippen molar-refractivity contribution in [2.45, 2.75) is 32.7 Å². The third-order valence-corrected chi connectivity index (χ3v) is 6.36. The minimum Gasteiger partial charge on any atom is -0.504 e. The lowest BCUT2D eigenvalue weighted by Gasteiger charge is -2.32. The van der Waals surface area contributed by atoms with Crippen molar-refractivity contribution in [2.24, 2.45) is 11.0 Å². The zero-order valence-electron chi connectivity index (χ0n) is 20.2. The number of carbonyl (C=O) groups excluding carboxylic acids is 1. The second-order valence-electron chi connectivity index (χ2n) is 8.97. The summed E-state index contributed by atoms with van der Waals surface area (Å²) < 4.78 is 5.37. The Hall–Kier alpha value is -3.64. The highest BCUT2D eigenvalue weighted by atomic mass is 16.5.